The van der Waals surface area contributed by atoms with Crippen LogP contribution in [0, 0.1) is 5.41 Å². The molecule has 0 aliphatic rings. The molecular weight excluding hydrogens is 146 g/mol. The first-order valence-electron chi connectivity index (χ1n) is 4.56. The molecule has 1 nitrogen and oxygen atoms in total. The first kappa shape index (κ1) is 11.5. The molecule has 72 valence electrons. The Morgan fingerprint density at radius 2 is 1.58 bits per heavy atom. The molecule has 0 aliphatic carbocycles. The van der Waals surface area contributed by atoms with Crippen LogP contribution in [0.1, 0.15) is 48.0 Å². The molecule has 12 heavy (non-hydrogen) atoms. The number of allylic oxidation sites excluding steroid dienone is 1. The second-order valence-corrected chi connectivity index (χ2v) is 5.53. The molecule has 0 heterocycles. The van der Waals surface area contributed by atoms with E-state index in [0.717, 1.165) is 12.1 Å². The lowest BCUT2D eigenvalue weighted by Crippen LogP contribution is -2.40. The van der Waals surface area contributed by atoms with Crippen molar-refractivity contribution in [2.45, 2.75) is 53.5 Å². The smallest absolute Gasteiger partial charge is 0.0319 e. The zero-order valence-electron chi connectivity index (χ0n) is 9.41. The first-order chi connectivity index (χ1) is 5.12. The van der Waals surface area contributed by atoms with Crippen LogP contribution in [-0.4, -0.2) is 5.54 Å². The molecule has 0 aromatic heterocycles. The number of hydrogen-bond acceptors (Lipinski definition) is 1. The van der Waals surface area contributed by atoms with Gasteiger partial charge in [0.15, 0.2) is 0 Å². The summed E-state index contributed by atoms with van der Waals surface area (Å²) in [6, 6.07) is 0. The van der Waals surface area contributed by atoms with Gasteiger partial charge in [-0.15, -0.1) is 0 Å². The monoisotopic (exact) mass is 169 g/mol. The molecule has 0 unspecified atom stereocenters. The van der Waals surface area contributed by atoms with Crippen molar-refractivity contribution < 1.29 is 0 Å². The fourth-order valence-electron chi connectivity index (χ4n) is 1.95. The van der Waals surface area contributed by atoms with Crippen LogP contribution in [0.5, 0.6) is 0 Å². The maximum atomic E-state index is 3.86. The second-order valence-electron chi connectivity index (χ2n) is 5.53. The molecule has 0 aromatic rings. The Balaban J connectivity index is 4.13. The molecule has 1 heteroatoms. The molecule has 0 fully saturated rings. The summed E-state index contributed by atoms with van der Waals surface area (Å²) in [6.07, 6.45) is 1.15. The van der Waals surface area contributed by atoms with Crippen LogP contribution in [0.4, 0.5) is 0 Å². The summed E-state index contributed by atoms with van der Waals surface area (Å²) in [4.78, 5) is 0. The van der Waals surface area contributed by atoms with Crippen LogP contribution >= 0.6 is 0 Å². The quantitative estimate of drug-likeness (QED) is 0.683. The predicted molar refractivity (Wildman–Crippen MR) is 56.1 cm³/mol. The Bertz CT molecular complexity index is 160. The highest BCUT2D eigenvalue weighted by atomic mass is 15.0. The Morgan fingerprint density at radius 3 is 1.83 bits per heavy atom. The van der Waals surface area contributed by atoms with Crippen LogP contribution < -0.4 is 5.32 Å². The van der Waals surface area contributed by atoms with Gasteiger partial charge in [0.25, 0.3) is 0 Å². The van der Waals surface area contributed by atoms with Gasteiger partial charge in [0, 0.05) is 11.2 Å². The minimum absolute atomic E-state index is 0.157. The Kier molecular flexibility index (Phi) is 3.37. The first-order valence-corrected chi connectivity index (χ1v) is 4.56. The van der Waals surface area contributed by atoms with Gasteiger partial charge < -0.3 is 5.32 Å². The van der Waals surface area contributed by atoms with Crippen molar-refractivity contribution in [1.82, 2.24) is 5.32 Å². The average molecular weight is 169 g/mol. The standard InChI is InChI=1S/C11H23N/c1-9(2)12-11(6,7)8-10(3,4)5/h12H,1,8H2,2-7H3. The van der Waals surface area contributed by atoms with E-state index in [1.165, 1.54) is 0 Å². The number of rotatable bonds is 3. The maximum absolute atomic E-state index is 3.86. The van der Waals surface area contributed by atoms with Crippen LogP contribution in [-0.2, 0) is 0 Å². The van der Waals surface area contributed by atoms with Crippen LogP contribution in [0.3, 0.4) is 0 Å². The third kappa shape index (κ3) is 6.26. The van der Waals surface area contributed by atoms with E-state index in [1.54, 1.807) is 0 Å². The SMILES string of the molecule is C=C(C)NC(C)(C)CC(C)(C)C. The van der Waals surface area contributed by atoms with Gasteiger partial charge in [-0.1, -0.05) is 27.4 Å². The summed E-state index contributed by atoms with van der Waals surface area (Å²) in [7, 11) is 0. The van der Waals surface area contributed by atoms with Gasteiger partial charge >= 0.3 is 0 Å². The molecule has 0 rings (SSSR count). The van der Waals surface area contributed by atoms with Crippen molar-refractivity contribution in [3.05, 3.63) is 12.3 Å². The van der Waals surface area contributed by atoms with Gasteiger partial charge in [-0.3, -0.25) is 0 Å². The molecule has 0 bridgehead atoms. The van der Waals surface area contributed by atoms with Crippen LogP contribution in [0.2, 0.25) is 0 Å². The van der Waals surface area contributed by atoms with E-state index >= 15 is 0 Å². The molecule has 0 amide bonds. The number of nitrogens with one attached hydrogen (secondary N) is 1. The Labute approximate surface area is 77.2 Å². The highest BCUT2D eigenvalue weighted by molar-refractivity contribution is 4.95. The minimum atomic E-state index is 0.157. The van der Waals surface area contributed by atoms with E-state index < -0.39 is 0 Å². The zero-order chi connectivity index (χ0) is 9.99. The third-order valence-electron chi connectivity index (χ3n) is 1.52. The minimum Gasteiger partial charge on any atom is -0.384 e. The van der Waals surface area contributed by atoms with Crippen molar-refractivity contribution >= 4 is 0 Å². The summed E-state index contributed by atoms with van der Waals surface area (Å²) >= 11 is 0. The van der Waals surface area contributed by atoms with Crippen molar-refractivity contribution in [2.24, 2.45) is 5.41 Å². The molecule has 0 atom stereocenters. The van der Waals surface area contributed by atoms with Crippen molar-refractivity contribution in [2.75, 3.05) is 0 Å². The van der Waals surface area contributed by atoms with Crippen molar-refractivity contribution in [3.63, 3.8) is 0 Å². The topological polar surface area (TPSA) is 12.0 Å². The highest BCUT2D eigenvalue weighted by Gasteiger charge is 2.24. The predicted octanol–water partition coefficient (Wildman–Crippen LogP) is 3.32. The van der Waals surface area contributed by atoms with E-state index in [-0.39, 0.29) is 5.54 Å². The second kappa shape index (κ2) is 3.51. The van der Waals surface area contributed by atoms with E-state index in [9.17, 15) is 0 Å². The molecule has 0 saturated heterocycles. The third-order valence-corrected chi connectivity index (χ3v) is 1.52. The van der Waals surface area contributed by atoms with Crippen molar-refractivity contribution in [1.29, 1.82) is 0 Å². The van der Waals surface area contributed by atoms with Gasteiger partial charge in [0.05, 0.1) is 0 Å². The molecule has 0 saturated carbocycles. The summed E-state index contributed by atoms with van der Waals surface area (Å²) in [5, 5.41) is 3.38. The Hall–Kier alpha value is -0.460. The van der Waals surface area contributed by atoms with Gasteiger partial charge in [0.1, 0.15) is 0 Å². The molecule has 0 spiro atoms. The van der Waals surface area contributed by atoms with Crippen LogP contribution in [0.15, 0.2) is 12.3 Å². The van der Waals surface area contributed by atoms with E-state index in [4.69, 9.17) is 0 Å². The fraction of sp³-hybridized carbons (Fsp3) is 0.818. The summed E-state index contributed by atoms with van der Waals surface area (Å²) in [5.41, 5.74) is 1.57. The normalized spacial score (nSPS) is 12.8. The maximum Gasteiger partial charge on any atom is 0.0319 e. The zero-order valence-corrected chi connectivity index (χ0v) is 9.41. The van der Waals surface area contributed by atoms with Gasteiger partial charge in [-0.05, 0) is 32.6 Å². The average Bonchev–Trinajstić information content (AvgIpc) is 1.48. The van der Waals surface area contributed by atoms with Crippen molar-refractivity contribution in [3.8, 4) is 0 Å². The molecular formula is C11H23N. The van der Waals surface area contributed by atoms with Gasteiger partial charge in [-0.25, -0.2) is 0 Å². The lowest BCUT2D eigenvalue weighted by molar-refractivity contribution is 0.256. The van der Waals surface area contributed by atoms with E-state index in [1.807, 2.05) is 6.92 Å². The lowest BCUT2D eigenvalue weighted by atomic mass is 9.82. The molecule has 0 aromatic carbocycles. The summed E-state index contributed by atoms with van der Waals surface area (Å²) in [6.45, 7) is 17.1. The summed E-state index contributed by atoms with van der Waals surface area (Å²) in [5.74, 6) is 0. The lowest BCUT2D eigenvalue weighted by Gasteiger charge is -2.34. The van der Waals surface area contributed by atoms with Gasteiger partial charge in [-0.2, -0.15) is 0 Å². The number of hydrogen-bond donors (Lipinski definition) is 1. The van der Waals surface area contributed by atoms with E-state index in [2.05, 4.69) is 46.5 Å². The van der Waals surface area contributed by atoms with Gasteiger partial charge in [0.2, 0.25) is 0 Å². The molecule has 1 N–H and O–H groups in total. The van der Waals surface area contributed by atoms with Crippen LogP contribution in [0.25, 0.3) is 0 Å². The summed E-state index contributed by atoms with van der Waals surface area (Å²) < 4.78 is 0. The van der Waals surface area contributed by atoms with E-state index in [0.29, 0.717) is 5.41 Å². The molecule has 0 radical (unpaired) electrons. The highest BCUT2D eigenvalue weighted by Crippen LogP contribution is 2.27. The fourth-order valence-corrected chi connectivity index (χ4v) is 1.95. The molecule has 0 aliphatic heterocycles. The largest absolute Gasteiger partial charge is 0.384 e. The Morgan fingerprint density at radius 1 is 1.17 bits per heavy atom.